The third kappa shape index (κ3) is 4.50. The Balaban J connectivity index is 1.91. The first kappa shape index (κ1) is 19.2. The van der Waals surface area contributed by atoms with Gasteiger partial charge in [0.2, 0.25) is 5.91 Å². The Morgan fingerprint density at radius 3 is 2.58 bits per heavy atom. The van der Waals surface area contributed by atoms with Crippen LogP contribution in [0.3, 0.4) is 0 Å². The average molecular weight is 361 g/mol. The maximum atomic E-state index is 12.5. The SMILES string of the molecule is CCC(CNC(=O)NC1CCN(c2ccc(C(=N)N)cc2)C1=O)C(=O)O. The molecule has 0 aromatic heterocycles. The summed E-state index contributed by atoms with van der Waals surface area (Å²) in [5.41, 5.74) is 6.65. The van der Waals surface area contributed by atoms with Crippen molar-refractivity contribution in [1.82, 2.24) is 10.6 Å². The zero-order chi connectivity index (χ0) is 19.3. The van der Waals surface area contributed by atoms with Crippen LogP contribution in [0.25, 0.3) is 0 Å². The number of nitrogen functional groups attached to an aromatic ring is 1. The van der Waals surface area contributed by atoms with Gasteiger partial charge in [-0.1, -0.05) is 6.92 Å². The number of carbonyl (C=O) groups excluding carboxylic acids is 2. The quantitative estimate of drug-likeness (QED) is 0.354. The summed E-state index contributed by atoms with van der Waals surface area (Å²) in [4.78, 5) is 36.9. The molecule has 3 amide bonds. The fraction of sp³-hybridized carbons (Fsp3) is 0.412. The van der Waals surface area contributed by atoms with Crippen LogP contribution in [0, 0.1) is 11.3 Å². The maximum absolute atomic E-state index is 12.5. The fourth-order valence-corrected chi connectivity index (χ4v) is 2.72. The minimum atomic E-state index is -0.968. The summed E-state index contributed by atoms with van der Waals surface area (Å²) in [5, 5.41) is 21.4. The summed E-state index contributed by atoms with van der Waals surface area (Å²) in [7, 11) is 0. The number of nitrogens with one attached hydrogen (secondary N) is 3. The lowest BCUT2D eigenvalue weighted by Gasteiger charge is -2.18. The monoisotopic (exact) mass is 361 g/mol. The van der Waals surface area contributed by atoms with E-state index >= 15 is 0 Å². The highest BCUT2D eigenvalue weighted by Gasteiger charge is 2.33. The Labute approximate surface area is 151 Å². The molecule has 2 rings (SSSR count). The number of nitrogens with two attached hydrogens (primary N) is 1. The predicted octanol–water partition coefficient (Wildman–Crippen LogP) is 0.486. The Hall–Kier alpha value is -3.10. The van der Waals surface area contributed by atoms with Gasteiger partial charge in [0.25, 0.3) is 0 Å². The summed E-state index contributed by atoms with van der Waals surface area (Å²) in [5.74, 6) is -1.91. The molecule has 0 bridgehead atoms. The van der Waals surface area contributed by atoms with E-state index in [-0.39, 0.29) is 18.3 Å². The van der Waals surface area contributed by atoms with Crippen molar-refractivity contribution in [3.05, 3.63) is 29.8 Å². The molecule has 26 heavy (non-hydrogen) atoms. The summed E-state index contributed by atoms with van der Waals surface area (Å²) in [6.45, 7) is 2.19. The summed E-state index contributed by atoms with van der Waals surface area (Å²) in [6, 6.07) is 5.51. The molecule has 6 N–H and O–H groups in total. The molecule has 140 valence electrons. The van der Waals surface area contributed by atoms with E-state index in [2.05, 4.69) is 10.6 Å². The van der Waals surface area contributed by atoms with Crippen LogP contribution >= 0.6 is 0 Å². The molecule has 1 aliphatic rings. The van der Waals surface area contributed by atoms with Crippen LogP contribution in [0.1, 0.15) is 25.3 Å². The molecular formula is C17H23N5O4. The number of nitrogens with zero attached hydrogens (tertiary/aromatic N) is 1. The Kier molecular flexibility index (Phi) is 6.16. The highest BCUT2D eigenvalue weighted by Crippen LogP contribution is 2.22. The molecule has 1 heterocycles. The van der Waals surface area contributed by atoms with Gasteiger partial charge in [-0.05, 0) is 37.1 Å². The number of urea groups is 1. The van der Waals surface area contributed by atoms with Crippen molar-refractivity contribution in [2.75, 3.05) is 18.0 Å². The van der Waals surface area contributed by atoms with Gasteiger partial charge in [-0.2, -0.15) is 0 Å². The standard InChI is InChI=1S/C17H23N5O4/c1-2-10(16(24)25)9-20-17(26)21-13-7-8-22(15(13)23)12-5-3-11(4-6-12)14(18)19/h3-6,10,13H,2,7-9H2,1H3,(H3,18,19)(H,24,25)(H2,20,21,26). The van der Waals surface area contributed by atoms with Gasteiger partial charge >= 0.3 is 12.0 Å². The zero-order valence-corrected chi connectivity index (χ0v) is 14.5. The van der Waals surface area contributed by atoms with Crippen molar-refractivity contribution in [3.63, 3.8) is 0 Å². The van der Waals surface area contributed by atoms with Gasteiger partial charge in [0.05, 0.1) is 5.92 Å². The first-order valence-electron chi connectivity index (χ1n) is 8.36. The lowest BCUT2D eigenvalue weighted by Crippen LogP contribution is -2.47. The number of amidine groups is 1. The van der Waals surface area contributed by atoms with Gasteiger partial charge in [-0.25, -0.2) is 4.79 Å². The minimum Gasteiger partial charge on any atom is -0.481 e. The first-order chi connectivity index (χ1) is 12.3. The van der Waals surface area contributed by atoms with E-state index in [0.717, 1.165) is 0 Å². The largest absolute Gasteiger partial charge is 0.481 e. The van der Waals surface area contributed by atoms with Crippen LogP contribution in [-0.4, -0.2) is 48.0 Å². The number of hydrogen-bond acceptors (Lipinski definition) is 4. The lowest BCUT2D eigenvalue weighted by atomic mass is 10.1. The molecule has 1 aromatic rings. The number of anilines is 1. The van der Waals surface area contributed by atoms with Crippen molar-refractivity contribution in [2.45, 2.75) is 25.8 Å². The number of hydrogen-bond donors (Lipinski definition) is 5. The molecule has 0 aliphatic carbocycles. The average Bonchev–Trinajstić information content (AvgIpc) is 2.96. The lowest BCUT2D eigenvalue weighted by molar-refractivity contribution is -0.141. The van der Waals surface area contributed by atoms with Crippen LogP contribution in [-0.2, 0) is 9.59 Å². The van der Waals surface area contributed by atoms with Crippen LogP contribution in [0.2, 0.25) is 0 Å². The van der Waals surface area contributed by atoms with Crippen molar-refractivity contribution in [2.24, 2.45) is 11.7 Å². The summed E-state index contributed by atoms with van der Waals surface area (Å²) < 4.78 is 0. The second-order valence-corrected chi connectivity index (χ2v) is 6.09. The molecule has 9 nitrogen and oxygen atoms in total. The van der Waals surface area contributed by atoms with E-state index in [9.17, 15) is 14.4 Å². The zero-order valence-electron chi connectivity index (χ0n) is 14.5. The highest BCUT2D eigenvalue weighted by atomic mass is 16.4. The maximum Gasteiger partial charge on any atom is 0.315 e. The number of rotatable bonds is 7. The van der Waals surface area contributed by atoms with Crippen molar-refractivity contribution in [1.29, 1.82) is 5.41 Å². The topological polar surface area (TPSA) is 149 Å². The second kappa shape index (κ2) is 8.32. The fourth-order valence-electron chi connectivity index (χ4n) is 2.72. The third-order valence-electron chi connectivity index (χ3n) is 4.35. The van der Waals surface area contributed by atoms with Crippen molar-refractivity contribution >= 4 is 29.4 Å². The summed E-state index contributed by atoms with van der Waals surface area (Å²) >= 11 is 0. The first-order valence-corrected chi connectivity index (χ1v) is 8.36. The molecule has 1 aromatic carbocycles. The number of carboxylic acid groups (broad SMARTS) is 1. The Morgan fingerprint density at radius 2 is 2.04 bits per heavy atom. The number of carbonyl (C=O) groups is 3. The van der Waals surface area contributed by atoms with Gasteiger partial charge in [-0.15, -0.1) is 0 Å². The smallest absolute Gasteiger partial charge is 0.315 e. The van der Waals surface area contributed by atoms with Gasteiger partial charge in [0.15, 0.2) is 0 Å². The summed E-state index contributed by atoms with van der Waals surface area (Å²) in [6.07, 6.45) is 0.860. The van der Waals surface area contributed by atoms with E-state index < -0.39 is 24.0 Å². The van der Waals surface area contributed by atoms with Gasteiger partial charge in [0, 0.05) is 24.3 Å². The van der Waals surface area contributed by atoms with Gasteiger partial charge in [-0.3, -0.25) is 15.0 Å². The number of amides is 3. The molecule has 2 unspecified atom stereocenters. The van der Waals surface area contributed by atoms with E-state index in [4.69, 9.17) is 16.2 Å². The van der Waals surface area contributed by atoms with Crippen molar-refractivity contribution in [3.8, 4) is 0 Å². The van der Waals surface area contributed by atoms with Crippen LogP contribution in [0.15, 0.2) is 24.3 Å². The van der Waals surface area contributed by atoms with Crippen molar-refractivity contribution < 1.29 is 19.5 Å². The van der Waals surface area contributed by atoms with E-state index in [1.54, 1.807) is 36.1 Å². The normalized spacial score (nSPS) is 17.7. The number of benzene rings is 1. The molecule has 9 heteroatoms. The third-order valence-corrected chi connectivity index (χ3v) is 4.35. The molecule has 0 spiro atoms. The van der Waals surface area contributed by atoms with E-state index in [0.29, 0.717) is 30.6 Å². The molecule has 1 saturated heterocycles. The highest BCUT2D eigenvalue weighted by molar-refractivity contribution is 6.02. The van der Waals surface area contributed by atoms with E-state index in [1.807, 2.05) is 0 Å². The Bertz CT molecular complexity index is 704. The number of aliphatic carboxylic acids is 1. The molecule has 1 fully saturated rings. The Morgan fingerprint density at radius 1 is 1.38 bits per heavy atom. The molecule has 0 saturated carbocycles. The van der Waals surface area contributed by atoms with Crippen LogP contribution in [0.5, 0.6) is 0 Å². The molecule has 0 radical (unpaired) electrons. The predicted molar refractivity (Wildman–Crippen MR) is 96.2 cm³/mol. The second-order valence-electron chi connectivity index (χ2n) is 6.09. The molecule has 1 aliphatic heterocycles. The van der Waals surface area contributed by atoms with Gasteiger partial charge in [0.1, 0.15) is 11.9 Å². The minimum absolute atomic E-state index is 0.00873. The number of carboxylic acids is 1. The van der Waals surface area contributed by atoms with E-state index in [1.165, 1.54) is 0 Å². The van der Waals surface area contributed by atoms with Gasteiger partial charge < -0.3 is 26.4 Å². The molecular weight excluding hydrogens is 338 g/mol. The molecule has 2 atom stereocenters. The van der Waals surface area contributed by atoms with Crippen LogP contribution in [0.4, 0.5) is 10.5 Å². The van der Waals surface area contributed by atoms with Crippen LogP contribution < -0.4 is 21.3 Å².